The molecular formula is C11H18N2O6. The van der Waals surface area contributed by atoms with E-state index in [1.807, 2.05) is 0 Å². The highest BCUT2D eigenvalue weighted by Gasteiger charge is 2.27. The number of amides is 1. The van der Waals surface area contributed by atoms with Gasteiger partial charge in [0.1, 0.15) is 6.61 Å². The maximum atomic E-state index is 11.8. The van der Waals surface area contributed by atoms with Gasteiger partial charge < -0.3 is 25.6 Å². The molecule has 0 aliphatic carbocycles. The van der Waals surface area contributed by atoms with Crippen molar-refractivity contribution in [3.63, 3.8) is 0 Å². The number of rotatable bonds is 6. The molecule has 1 rings (SSSR count). The summed E-state index contributed by atoms with van der Waals surface area (Å²) >= 11 is 0. The van der Waals surface area contributed by atoms with Crippen LogP contribution in [0, 0.1) is 0 Å². The lowest BCUT2D eigenvalue weighted by Gasteiger charge is -2.33. The van der Waals surface area contributed by atoms with Gasteiger partial charge in [0.15, 0.2) is 0 Å². The molecule has 0 radical (unpaired) electrons. The fourth-order valence-electron chi connectivity index (χ4n) is 1.94. The van der Waals surface area contributed by atoms with Crippen LogP contribution in [0.15, 0.2) is 0 Å². The van der Waals surface area contributed by atoms with Crippen molar-refractivity contribution < 1.29 is 29.3 Å². The number of aliphatic carboxylic acids is 2. The van der Waals surface area contributed by atoms with Crippen LogP contribution in [-0.4, -0.2) is 64.8 Å². The normalized spacial score (nSPS) is 18.1. The third kappa shape index (κ3) is 5.23. The number of nitrogens with zero attached hydrogens (tertiary/aromatic N) is 1. The number of hydrogen-bond acceptors (Lipinski definition) is 5. The SMILES string of the molecule is NC(CC(=O)O)C(=O)N1CCC(OCC(=O)O)CC1. The lowest BCUT2D eigenvalue weighted by Crippen LogP contribution is -2.49. The van der Waals surface area contributed by atoms with E-state index in [0.29, 0.717) is 25.9 Å². The Morgan fingerprint density at radius 3 is 2.26 bits per heavy atom. The molecule has 8 heteroatoms. The van der Waals surface area contributed by atoms with Crippen molar-refractivity contribution in [3.05, 3.63) is 0 Å². The van der Waals surface area contributed by atoms with Gasteiger partial charge in [0.25, 0.3) is 0 Å². The molecule has 0 aromatic rings. The Hall–Kier alpha value is -1.67. The van der Waals surface area contributed by atoms with Gasteiger partial charge in [0, 0.05) is 13.1 Å². The molecule has 0 aromatic heterocycles. The Labute approximate surface area is 110 Å². The number of carbonyl (C=O) groups excluding carboxylic acids is 1. The fourth-order valence-corrected chi connectivity index (χ4v) is 1.94. The second-order valence-electron chi connectivity index (χ2n) is 4.43. The van der Waals surface area contributed by atoms with E-state index >= 15 is 0 Å². The van der Waals surface area contributed by atoms with Crippen LogP contribution in [0.2, 0.25) is 0 Å². The number of carboxylic acid groups (broad SMARTS) is 2. The molecule has 1 saturated heterocycles. The molecule has 1 fully saturated rings. The average Bonchev–Trinajstić information content (AvgIpc) is 2.35. The Balaban J connectivity index is 2.34. The molecule has 0 aromatic carbocycles. The molecule has 1 heterocycles. The highest BCUT2D eigenvalue weighted by molar-refractivity contribution is 5.86. The van der Waals surface area contributed by atoms with E-state index in [1.165, 1.54) is 4.90 Å². The van der Waals surface area contributed by atoms with E-state index < -0.39 is 24.4 Å². The summed E-state index contributed by atoms with van der Waals surface area (Å²) in [7, 11) is 0. The average molecular weight is 274 g/mol. The molecule has 1 unspecified atom stereocenters. The lowest BCUT2D eigenvalue weighted by molar-refractivity contribution is -0.147. The summed E-state index contributed by atoms with van der Waals surface area (Å²) in [4.78, 5) is 34.1. The molecule has 1 aliphatic rings. The molecule has 0 saturated carbocycles. The van der Waals surface area contributed by atoms with Crippen LogP contribution in [0.1, 0.15) is 19.3 Å². The highest BCUT2D eigenvalue weighted by Crippen LogP contribution is 2.14. The zero-order chi connectivity index (χ0) is 14.4. The number of carbonyl (C=O) groups is 3. The van der Waals surface area contributed by atoms with Crippen LogP contribution < -0.4 is 5.73 Å². The summed E-state index contributed by atoms with van der Waals surface area (Å²) in [5, 5.41) is 17.0. The Kier molecular flexibility index (Phi) is 5.71. The molecule has 108 valence electrons. The number of hydrogen-bond donors (Lipinski definition) is 3. The summed E-state index contributed by atoms with van der Waals surface area (Å²) in [6.45, 7) is 0.448. The van der Waals surface area contributed by atoms with Gasteiger partial charge in [-0.1, -0.05) is 0 Å². The molecular weight excluding hydrogens is 256 g/mol. The van der Waals surface area contributed by atoms with Crippen LogP contribution in [0.3, 0.4) is 0 Å². The number of likely N-dealkylation sites (tertiary alicyclic amines) is 1. The van der Waals surface area contributed by atoms with E-state index in [9.17, 15) is 14.4 Å². The number of piperidine rings is 1. The number of nitrogens with two attached hydrogens (primary N) is 1. The van der Waals surface area contributed by atoms with Crippen molar-refractivity contribution in [2.75, 3.05) is 19.7 Å². The first-order valence-corrected chi connectivity index (χ1v) is 5.99. The molecule has 19 heavy (non-hydrogen) atoms. The number of ether oxygens (including phenoxy) is 1. The fraction of sp³-hybridized carbons (Fsp3) is 0.727. The predicted molar refractivity (Wildman–Crippen MR) is 63.4 cm³/mol. The molecule has 1 atom stereocenters. The van der Waals surface area contributed by atoms with Crippen LogP contribution in [0.4, 0.5) is 0 Å². The first-order chi connectivity index (χ1) is 8.90. The van der Waals surface area contributed by atoms with Crippen molar-refractivity contribution in [1.29, 1.82) is 0 Å². The number of carboxylic acids is 2. The first-order valence-electron chi connectivity index (χ1n) is 5.99. The summed E-state index contributed by atoms with van der Waals surface area (Å²) < 4.78 is 5.13. The highest BCUT2D eigenvalue weighted by atomic mass is 16.5. The maximum absolute atomic E-state index is 11.8. The lowest BCUT2D eigenvalue weighted by atomic mass is 10.1. The monoisotopic (exact) mass is 274 g/mol. The standard InChI is InChI=1S/C11H18N2O6/c12-8(5-9(14)15)11(18)13-3-1-7(2-4-13)19-6-10(16)17/h7-8H,1-6,12H2,(H,14,15)(H,16,17). The van der Waals surface area contributed by atoms with Crippen LogP contribution in [0.5, 0.6) is 0 Å². The van der Waals surface area contributed by atoms with Crippen molar-refractivity contribution >= 4 is 17.8 Å². The van der Waals surface area contributed by atoms with Gasteiger partial charge in [-0.2, -0.15) is 0 Å². The maximum Gasteiger partial charge on any atom is 0.329 e. The van der Waals surface area contributed by atoms with Gasteiger partial charge in [-0.15, -0.1) is 0 Å². The third-order valence-corrected chi connectivity index (χ3v) is 2.91. The molecule has 0 spiro atoms. The quantitative estimate of drug-likeness (QED) is 0.559. The van der Waals surface area contributed by atoms with Gasteiger partial charge in [-0.3, -0.25) is 9.59 Å². The minimum atomic E-state index is -1.11. The van der Waals surface area contributed by atoms with E-state index in [2.05, 4.69) is 0 Å². The Morgan fingerprint density at radius 1 is 1.21 bits per heavy atom. The van der Waals surface area contributed by atoms with Crippen molar-refractivity contribution in [2.45, 2.75) is 31.4 Å². The Bertz CT molecular complexity index is 351. The van der Waals surface area contributed by atoms with Gasteiger partial charge in [-0.05, 0) is 12.8 Å². The Morgan fingerprint density at radius 2 is 1.79 bits per heavy atom. The predicted octanol–water partition coefficient (Wildman–Crippen LogP) is -1.12. The zero-order valence-electron chi connectivity index (χ0n) is 10.4. The molecule has 8 nitrogen and oxygen atoms in total. The molecule has 4 N–H and O–H groups in total. The molecule has 1 aliphatic heterocycles. The third-order valence-electron chi connectivity index (χ3n) is 2.91. The van der Waals surface area contributed by atoms with E-state index in [4.69, 9.17) is 20.7 Å². The summed E-state index contributed by atoms with van der Waals surface area (Å²) in [6.07, 6.45) is 0.474. The van der Waals surface area contributed by atoms with Crippen LogP contribution in [0.25, 0.3) is 0 Å². The second-order valence-corrected chi connectivity index (χ2v) is 4.43. The second kappa shape index (κ2) is 7.05. The van der Waals surface area contributed by atoms with Crippen molar-refractivity contribution in [1.82, 2.24) is 4.90 Å². The zero-order valence-corrected chi connectivity index (χ0v) is 10.4. The van der Waals surface area contributed by atoms with Crippen LogP contribution >= 0.6 is 0 Å². The first kappa shape index (κ1) is 15.4. The van der Waals surface area contributed by atoms with E-state index in [-0.39, 0.29) is 18.6 Å². The van der Waals surface area contributed by atoms with Crippen molar-refractivity contribution in [3.8, 4) is 0 Å². The minimum Gasteiger partial charge on any atom is -0.481 e. The topological polar surface area (TPSA) is 130 Å². The van der Waals surface area contributed by atoms with Gasteiger partial charge in [0.2, 0.25) is 5.91 Å². The van der Waals surface area contributed by atoms with E-state index in [0.717, 1.165) is 0 Å². The van der Waals surface area contributed by atoms with Gasteiger partial charge in [-0.25, -0.2) is 4.79 Å². The molecule has 0 bridgehead atoms. The summed E-state index contributed by atoms with van der Waals surface area (Å²) in [5.41, 5.74) is 5.50. The molecule has 1 amide bonds. The smallest absolute Gasteiger partial charge is 0.329 e. The largest absolute Gasteiger partial charge is 0.481 e. The van der Waals surface area contributed by atoms with Crippen molar-refractivity contribution in [2.24, 2.45) is 5.73 Å². The summed E-state index contributed by atoms with van der Waals surface area (Å²) in [6, 6.07) is -1.03. The van der Waals surface area contributed by atoms with Gasteiger partial charge >= 0.3 is 11.9 Å². The minimum absolute atomic E-state index is 0.184. The summed E-state index contributed by atoms with van der Waals surface area (Å²) in [5.74, 6) is -2.53. The van der Waals surface area contributed by atoms with Gasteiger partial charge in [0.05, 0.1) is 18.6 Å². The van der Waals surface area contributed by atoms with Crippen LogP contribution in [-0.2, 0) is 19.1 Å². The van der Waals surface area contributed by atoms with E-state index in [1.54, 1.807) is 0 Å².